The number of amides is 1. The van der Waals surface area contributed by atoms with Crippen molar-refractivity contribution in [2.45, 2.75) is 26.8 Å². The molecule has 0 aromatic heterocycles. The Bertz CT molecular complexity index is 768. The minimum Gasteiger partial charge on any atom is -0.357 e. The number of halogens is 2. The van der Waals surface area contributed by atoms with Crippen molar-refractivity contribution in [3.8, 4) is 0 Å². The Balaban J connectivity index is 0.00000392. The molecule has 0 aliphatic heterocycles. The van der Waals surface area contributed by atoms with Crippen LogP contribution in [0, 0.1) is 12.7 Å². The second-order valence-corrected chi connectivity index (χ2v) is 6.18. The molecule has 152 valence electrons. The Hall–Kier alpha value is -2.16. The Morgan fingerprint density at radius 3 is 2.43 bits per heavy atom. The van der Waals surface area contributed by atoms with Crippen LogP contribution < -0.4 is 16.0 Å². The topological polar surface area (TPSA) is 65.5 Å². The van der Waals surface area contributed by atoms with Crippen molar-refractivity contribution in [2.75, 3.05) is 19.6 Å². The number of hydrogen-bond acceptors (Lipinski definition) is 2. The van der Waals surface area contributed by atoms with E-state index in [1.54, 1.807) is 25.1 Å². The standard InChI is InChI=1S/C21H27FN4O.HI/c1-3-23-21(26-15-17-10-11-19(22)16(2)14-17)25-13-7-12-24-20(27)18-8-5-4-6-9-18;/h4-6,8-11,14H,3,7,12-13,15H2,1-2H3,(H,24,27)(H2,23,25,26);1H. The molecule has 2 rings (SSSR count). The maximum atomic E-state index is 13.3. The van der Waals surface area contributed by atoms with E-state index < -0.39 is 0 Å². The van der Waals surface area contributed by atoms with Crippen molar-refractivity contribution in [3.05, 3.63) is 71.0 Å². The summed E-state index contributed by atoms with van der Waals surface area (Å²) in [6, 6.07) is 14.2. The van der Waals surface area contributed by atoms with Gasteiger partial charge in [0.25, 0.3) is 5.91 Å². The molecule has 0 radical (unpaired) electrons. The Morgan fingerprint density at radius 2 is 1.75 bits per heavy atom. The normalized spacial score (nSPS) is 10.8. The van der Waals surface area contributed by atoms with Crippen LogP contribution in [-0.2, 0) is 6.54 Å². The van der Waals surface area contributed by atoms with Gasteiger partial charge in [0, 0.05) is 25.2 Å². The highest BCUT2D eigenvalue weighted by Crippen LogP contribution is 2.10. The molecule has 0 aliphatic rings. The summed E-state index contributed by atoms with van der Waals surface area (Å²) in [5.41, 5.74) is 2.24. The summed E-state index contributed by atoms with van der Waals surface area (Å²) in [5.74, 6) is 0.432. The summed E-state index contributed by atoms with van der Waals surface area (Å²) in [7, 11) is 0. The van der Waals surface area contributed by atoms with E-state index in [2.05, 4.69) is 20.9 Å². The lowest BCUT2D eigenvalue weighted by Crippen LogP contribution is -2.38. The SMILES string of the molecule is CCNC(=NCc1ccc(F)c(C)c1)NCCCNC(=O)c1ccccc1.I. The van der Waals surface area contributed by atoms with Crippen molar-refractivity contribution < 1.29 is 9.18 Å². The zero-order valence-corrected chi connectivity index (χ0v) is 18.6. The Morgan fingerprint density at radius 1 is 1.04 bits per heavy atom. The minimum atomic E-state index is -0.203. The monoisotopic (exact) mass is 498 g/mol. The van der Waals surface area contributed by atoms with Gasteiger partial charge in [-0.3, -0.25) is 4.79 Å². The first-order chi connectivity index (χ1) is 13.1. The molecule has 0 heterocycles. The number of carbonyl (C=O) groups excluding carboxylic acids is 1. The van der Waals surface area contributed by atoms with Gasteiger partial charge >= 0.3 is 0 Å². The maximum absolute atomic E-state index is 13.3. The largest absolute Gasteiger partial charge is 0.357 e. The van der Waals surface area contributed by atoms with E-state index in [1.807, 2.05) is 31.2 Å². The van der Waals surface area contributed by atoms with Crippen LogP contribution in [0.4, 0.5) is 4.39 Å². The third kappa shape index (κ3) is 8.24. The molecule has 0 spiro atoms. The second-order valence-electron chi connectivity index (χ2n) is 6.18. The fraction of sp³-hybridized carbons (Fsp3) is 0.333. The number of nitrogens with one attached hydrogen (secondary N) is 3. The number of carbonyl (C=O) groups is 1. The van der Waals surface area contributed by atoms with Crippen molar-refractivity contribution in [2.24, 2.45) is 4.99 Å². The highest BCUT2D eigenvalue weighted by Gasteiger charge is 2.03. The molecule has 0 atom stereocenters. The van der Waals surface area contributed by atoms with Crippen LogP contribution in [0.15, 0.2) is 53.5 Å². The summed E-state index contributed by atoms with van der Waals surface area (Å²) in [6.45, 7) is 6.23. The average Bonchev–Trinajstić information content (AvgIpc) is 2.68. The Kier molecular flexibility index (Phi) is 11.2. The van der Waals surface area contributed by atoms with Gasteiger partial charge in [-0.15, -0.1) is 24.0 Å². The lowest BCUT2D eigenvalue weighted by atomic mass is 10.1. The molecule has 7 heteroatoms. The predicted molar refractivity (Wildman–Crippen MR) is 123 cm³/mol. The molecule has 0 saturated heterocycles. The predicted octanol–water partition coefficient (Wildman–Crippen LogP) is 3.63. The van der Waals surface area contributed by atoms with E-state index in [0.29, 0.717) is 36.7 Å². The third-order valence-corrected chi connectivity index (χ3v) is 3.95. The fourth-order valence-corrected chi connectivity index (χ4v) is 2.51. The molecule has 0 saturated carbocycles. The number of benzene rings is 2. The van der Waals surface area contributed by atoms with Crippen LogP contribution in [-0.4, -0.2) is 31.5 Å². The van der Waals surface area contributed by atoms with E-state index in [9.17, 15) is 9.18 Å². The Labute approximate surface area is 183 Å². The molecule has 0 fully saturated rings. The third-order valence-electron chi connectivity index (χ3n) is 3.95. The molecule has 2 aromatic carbocycles. The van der Waals surface area contributed by atoms with E-state index in [4.69, 9.17) is 0 Å². The lowest BCUT2D eigenvalue weighted by molar-refractivity contribution is 0.0953. The molecule has 1 amide bonds. The fourth-order valence-electron chi connectivity index (χ4n) is 2.51. The highest BCUT2D eigenvalue weighted by atomic mass is 127. The van der Waals surface area contributed by atoms with Gasteiger partial charge in [0.1, 0.15) is 5.82 Å². The molecule has 2 aromatic rings. The van der Waals surface area contributed by atoms with Crippen molar-refractivity contribution in [1.29, 1.82) is 0 Å². The summed E-state index contributed by atoms with van der Waals surface area (Å²) >= 11 is 0. The minimum absolute atomic E-state index is 0. The smallest absolute Gasteiger partial charge is 0.251 e. The number of rotatable bonds is 8. The molecule has 0 aliphatic carbocycles. The van der Waals surface area contributed by atoms with Crippen LogP contribution in [0.3, 0.4) is 0 Å². The van der Waals surface area contributed by atoms with Crippen molar-refractivity contribution >= 4 is 35.8 Å². The molecule has 3 N–H and O–H groups in total. The molecule has 0 unspecified atom stereocenters. The van der Waals surface area contributed by atoms with Gasteiger partial charge in [0.2, 0.25) is 0 Å². The van der Waals surface area contributed by atoms with Crippen molar-refractivity contribution in [3.63, 3.8) is 0 Å². The number of aliphatic imine (C=N–C) groups is 1. The molecular weight excluding hydrogens is 470 g/mol. The quantitative estimate of drug-likeness (QED) is 0.226. The van der Waals surface area contributed by atoms with Crippen LogP contribution in [0.2, 0.25) is 0 Å². The summed E-state index contributed by atoms with van der Waals surface area (Å²) in [6.07, 6.45) is 0.776. The summed E-state index contributed by atoms with van der Waals surface area (Å²) < 4.78 is 13.3. The molecule has 28 heavy (non-hydrogen) atoms. The number of nitrogens with zero attached hydrogens (tertiary/aromatic N) is 1. The highest BCUT2D eigenvalue weighted by molar-refractivity contribution is 14.0. The number of aryl methyl sites for hydroxylation is 1. The number of guanidine groups is 1. The summed E-state index contributed by atoms with van der Waals surface area (Å²) in [4.78, 5) is 16.5. The van der Waals surface area contributed by atoms with Gasteiger partial charge in [0.05, 0.1) is 6.54 Å². The molecular formula is C21H28FIN4O. The van der Waals surface area contributed by atoms with Gasteiger partial charge in [0.15, 0.2) is 5.96 Å². The van der Waals surface area contributed by atoms with Crippen LogP contribution in [0.1, 0.15) is 34.8 Å². The van der Waals surface area contributed by atoms with E-state index in [1.165, 1.54) is 6.07 Å². The first kappa shape index (κ1) is 23.9. The van der Waals surface area contributed by atoms with Crippen LogP contribution >= 0.6 is 24.0 Å². The van der Waals surface area contributed by atoms with Gasteiger partial charge in [-0.05, 0) is 49.6 Å². The lowest BCUT2D eigenvalue weighted by Gasteiger charge is -2.12. The van der Waals surface area contributed by atoms with E-state index >= 15 is 0 Å². The summed E-state index contributed by atoms with van der Waals surface area (Å²) in [5, 5.41) is 9.33. The van der Waals surface area contributed by atoms with Gasteiger partial charge in [-0.25, -0.2) is 9.38 Å². The number of hydrogen-bond donors (Lipinski definition) is 3. The zero-order chi connectivity index (χ0) is 19.5. The van der Waals surface area contributed by atoms with E-state index in [-0.39, 0.29) is 35.7 Å². The maximum Gasteiger partial charge on any atom is 0.251 e. The second kappa shape index (κ2) is 13.1. The first-order valence-electron chi connectivity index (χ1n) is 9.20. The van der Waals surface area contributed by atoms with Gasteiger partial charge in [-0.1, -0.05) is 30.3 Å². The first-order valence-corrected chi connectivity index (χ1v) is 9.20. The van der Waals surface area contributed by atoms with Gasteiger partial charge in [-0.2, -0.15) is 0 Å². The van der Waals surface area contributed by atoms with Crippen LogP contribution in [0.5, 0.6) is 0 Å². The van der Waals surface area contributed by atoms with Gasteiger partial charge < -0.3 is 16.0 Å². The zero-order valence-electron chi connectivity index (χ0n) is 16.3. The van der Waals surface area contributed by atoms with E-state index in [0.717, 1.165) is 18.5 Å². The van der Waals surface area contributed by atoms with Crippen molar-refractivity contribution in [1.82, 2.24) is 16.0 Å². The average molecular weight is 498 g/mol. The molecule has 0 bridgehead atoms. The van der Waals surface area contributed by atoms with Crippen LogP contribution in [0.25, 0.3) is 0 Å². The molecule has 5 nitrogen and oxygen atoms in total.